The first kappa shape index (κ1) is 22.5. The highest BCUT2D eigenvalue weighted by molar-refractivity contribution is 9.10. The van der Waals surface area contributed by atoms with Crippen molar-refractivity contribution in [3.63, 3.8) is 0 Å². The molecule has 0 aliphatic carbocycles. The van der Waals surface area contributed by atoms with E-state index in [4.69, 9.17) is 27.9 Å². The van der Waals surface area contributed by atoms with E-state index in [-0.39, 0.29) is 25.0 Å². The lowest BCUT2D eigenvalue weighted by Crippen LogP contribution is -2.49. The predicted molar refractivity (Wildman–Crippen MR) is 115 cm³/mol. The van der Waals surface area contributed by atoms with Crippen LogP contribution in [-0.4, -0.2) is 36.4 Å². The van der Waals surface area contributed by atoms with Crippen LogP contribution in [-0.2, 0) is 16.1 Å². The molecule has 2 aromatic rings. The van der Waals surface area contributed by atoms with Crippen molar-refractivity contribution in [2.24, 2.45) is 0 Å². The Morgan fingerprint density at radius 3 is 2.54 bits per heavy atom. The Morgan fingerprint density at radius 1 is 1.21 bits per heavy atom. The lowest BCUT2D eigenvalue weighted by atomic mass is 10.1. The van der Waals surface area contributed by atoms with E-state index in [1.807, 2.05) is 25.1 Å². The second kappa shape index (κ2) is 10.7. The van der Waals surface area contributed by atoms with Crippen molar-refractivity contribution in [2.45, 2.75) is 25.9 Å². The Bertz CT molecular complexity index is 848. The van der Waals surface area contributed by atoms with E-state index < -0.39 is 6.04 Å². The first-order valence-electron chi connectivity index (χ1n) is 8.69. The number of rotatable bonds is 8. The van der Waals surface area contributed by atoms with Crippen LogP contribution in [0.3, 0.4) is 0 Å². The molecule has 0 aliphatic rings. The summed E-state index contributed by atoms with van der Waals surface area (Å²) in [5.74, 6) is -0.0729. The molecule has 0 fully saturated rings. The molecular weight excluding hydrogens is 467 g/mol. The molecule has 1 N–H and O–H groups in total. The van der Waals surface area contributed by atoms with E-state index in [9.17, 15) is 9.59 Å². The largest absolute Gasteiger partial charge is 0.483 e. The van der Waals surface area contributed by atoms with Crippen molar-refractivity contribution in [2.75, 3.05) is 13.7 Å². The van der Waals surface area contributed by atoms with Gasteiger partial charge in [-0.25, -0.2) is 0 Å². The zero-order valence-corrected chi connectivity index (χ0v) is 18.6. The van der Waals surface area contributed by atoms with Gasteiger partial charge in [-0.1, -0.05) is 48.3 Å². The average Bonchev–Trinajstić information content (AvgIpc) is 2.68. The lowest BCUT2D eigenvalue weighted by Gasteiger charge is -2.30. The van der Waals surface area contributed by atoms with E-state index >= 15 is 0 Å². The Labute approximate surface area is 183 Å². The van der Waals surface area contributed by atoms with Crippen molar-refractivity contribution in [1.29, 1.82) is 0 Å². The number of hydrogen-bond acceptors (Lipinski definition) is 3. The minimum Gasteiger partial charge on any atom is -0.483 e. The maximum Gasteiger partial charge on any atom is 0.261 e. The number of amides is 2. The minimum atomic E-state index is -0.633. The van der Waals surface area contributed by atoms with Gasteiger partial charge >= 0.3 is 0 Å². The van der Waals surface area contributed by atoms with Gasteiger partial charge in [-0.3, -0.25) is 9.59 Å². The maximum absolute atomic E-state index is 13.0. The molecule has 0 saturated heterocycles. The summed E-state index contributed by atoms with van der Waals surface area (Å²) in [4.78, 5) is 26.8. The second-order valence-corrected chi connectivity index (χ2v) is 7.71. The quantitative estimate of drug-likeness (QED) is 0.587. The zero-order valence-electron chi connectivity index (χ0n) is 15.5. The van der Waals surface area contributed by atoms with Gasteiger partial charge in [0.15, 0.2) is 6.61 Å². The highest BCUT2D eigenvalue weighted by Crippen LogP contribution is 2.28. The smallest absolute Gasteiger partial charge is 0.261 e. The first-order valence-corrected chi connectivity index (χ1v) is 10.2. The molecule has 2 amide bonds. The third kappa shape index (κ3) is 5.87. The summed E-state index contributed by atoms with van der Waals surface area (Å²) in [5.41, 5.74) is 0.757. The van der Waals surface area contributed by atoms with E-state index in [1.165, 1.54) is 4.90 Å². The third-order valence-electron chi connectivity index (χ3n) is 4.18. The van der Waals surface area contributed by atoms with Crippen LogP contribution in [0.2, 0.25) is 10.0 Å². The van der Waals surface area contributed by atoms with Crippen LogP contribution in [0.1, 0.15) is 18.9 Å². The van der Waals surface area contributed by atoms with Crippen LogP contribution < -0.4 is 10.1 Å². The van der Waals surface area contributed by atoms with Crippen LogP contribution in [0.25, 0.3) is 0 Å². The molecule has 5 nitrogen and oxygen atoms in total. The fourth-order valence-electron chi connectivity index (χ4n) is 2.71. The van der Waals surface area contributed by atoms with Crippen molar-refractivity contribution in [3.8, 4) is 5.75 Å². The van der Waals surface area contributed by atoms with Gasteiger partial charge in [0.05, 0.1) is 4.47 Å². The molecule has 150 valence electrons. The van der Waals surface area contributed by atoms with Crippen LogP contribution in [0.5, 0.6) is 5.75 Å². The van der Waals surface area contributed by atoms with Gasteiger partial charge in [-0.2, -0.15) is 0 Å². The van der Waals surface area contributed by atoms with Gasteiger partial charge in [0.25, 0.3) is 5.91 Å². The number of nitrogens with zero attached hydrogens (tertiary/aromatic N) is 1. The molecule has 0 heterocycles. The molecule has 8 heteroatoms. The zero-order chi connectivity index (χ0) is 20.7. The lowest BCUT2D eigenvalue weighted by molar-refractivity contribution is -0.142. The summed E-state index contributed by atoms with van der Waals surface area (Å²) in [5, 5.41) is 3.70. The molecule has 0 bridgehead atoms. The molecule has 0 saturated carbocycles. The van der Waals surface area contributed by atoms with Crippen LogP contribution in [0.4, 0.5) is 0 Å². The molecule has 0 spiro atoms. The Morgan fingerprint density at radius 2 is 1.93 bits per heavy atom. The number of carbonyl (C=O) groups is 2. The fraction of sp³-hybridized carbons (Fsp3) is 0.300. The monoisotopic (exact) mass is 486 g/mol. The van der Waals surface area contributed by atoms with Gasteiger partial charge in [0, 0.05) is 23.6 Å². The van der Waals surface area contributed by atoms with E-state index in [0.717, 1.165) is 5.56 Å². The summed E-state index contributed by atoms with van der Waals surface area (Å²) in [7, 11) is 1.55. The Kier molecular flexibility index (Phi) is 8.60. The number of carbonyl (C=O) groups excluding carboxylic acids is 2. The van der Waals surface area contributed by atoms with E-state index in [0.29, 0.717) is 26.7 Å². The number of ether oxygens (including phenoxy) is 1. The fourth-order valence-corrected chi connectivity index (χ4v) is 3.70. The standard InChI is InChI=1S/C20H21BrCl2N2O3/c1-3-17(20(27)24-2)25(11-13-6-4-5-7-16(13)23)19(26)12-28-18-9-8-14(22)10-15(18)21/h4-10,17H,3,11-12H2,1-2H3,(H,24,27)/t17-/m1/s1. The van der Waals surface area contributed by atoms with E-state index in [2.05, 4.69) is 21.2 Å². The summed E-state index contributed by atoms with van der Waals surface area (Å²) in [6.07, 6.45) is 0.459. The van der Waals surface area contributed by atoms with Gasteiger partial charge in [-0.15, -0.1) is 0 Å². The molecule has 1 atom stereocenters. The summed E-state index contributed by atoms with van der Waals surface area (Å²) in [6.45, 7) is 1.83. The third-order valence-corrected chi connectivity index (χ3v) is 5.40. The predicted octanol–water partition coefficient (Wildman–Crippen LogP) is 4.69. The molecular formula is C20H21BrCl2N2O3. The van der Waals surface area contributed by atoms with Crippen LogP contribution in [0, 0.1) is 0 Å². The Hall–Kier alpha value is -1.76. The van der Waals surface area contributed by atoms with Gasteiger partial charge < -0.3 is 15.0 Å². The number of halogens is 3. The molecule has 0 radical (unpaired) electrons. The van der Waals surface area contributed by atoms with Crippen molar-refractivity contribution in [3.05, 3.63) is 62.5 Å². The normalized spacial score (nSPS) is 11.6. The number of hydrogen-bond donors (Lipinski definition) is 1. The van der Waals surface area contributed by atoms with Gasteiger partial charge in [-0.05, 0) is 52.2 Å². The van der Waals surface area contributed by atoms with Crippen molar-refractivity contribution < 1.29 is 14.3 Å². The van der Waals surface area contributed by atoms with Gasteiger partial charge in [0.2, 0.25) is 5.91 Å². The number of nitrogens with one attached hydrogen (secondary N) is 1. The van der Waals surface area contributed by atoms with Crippen molar-refractivity contribution >= 4 is 50.9 Å². The summed E-state index contributed by atoms with van der Waals surface area (Å²) in [6, 6.07) is 11.6. The molecule has 0 aliphatic heterocycles. The minimum absolute atomic E-state index is 0.204. The molecule has 0 aromatic heterocycles. The SMILES string of the molecule is CC[C@H](C(=O)NC)N(Cc1ccccc1Cl)C(=O)COc1ccc(Cl)cc1Br. The summed E-state index contributed by atoms with van der Waals surface area (Å²) < 4.78 is 6.29. The topological polar surface area (TPSA) is 58.6 Å². The molecule has 2 rings (SSSR count). The average molecular weight is 488 g/mol. The summed E-state index contributed by atoms with van der Waals surface area (Å²) >= 11 is 15.5. The van der Waals surface area contributed by atoms with Gasteiger partial charge in [0.1, 0.15) is 11.8 Å². The molecule has 28 heavy (non-hydrogen) atoms. The van der Waals surface area contributed by atoms with Crippen LogP contribution in [0.15, 0.2) is 46.9 Å². The highest BCUT2D eigenvalue weighted by Gasteiger charge is 2.28. The number of benzene rings is 2. The number of likely N-dealkylation sites (N-methyl/N-ethyl adjacent to an activating group) is 1. The van der Waals surface area contributed by atoms with Crippen LogP contribution >= 0.6 is 39.1 Å². The second-order valence-electron chi connectivity index (χ2n) is 6.01. The van der Waals surface area contributed by atoms with E-state index in [1.54, 1.807) is 31.3 Å². The first-order chi connectivity index (χ1) is 13.4. The molecule has 0 unspecified atom stereocenters. The van der Waals surface area contributed by atoms with Crippen molar-refractivity contribution in [1.82, 2.24) is 10.2 Å². The molecule has 2 aromatic carbocycles. The Balaban J connectivity index is 2.22. The maximum atomic E-state index is 13.0. The highest BCUT2D eigenvalue weighted by atomic mass is 79.9.